The summed E-state index contributed by atoms with van der Waals surface area (Å²) in [4.78, 5) is 26.3. The number of hydrogen-bond acceptors (Lipinski definition) is 6. The van der Waals surface area contributed by atoms with Crippen molar-refractivity contribution in [2.45, 2.75) is 51.5 Å². The van der Waals surface area contributed by atoms with Gasteiger partial charge in [-0.05, 0) is 62.3 Å². The molecule has 0 unspecified atom stereocenters. The normalized spacial score (nSPS) is 11.7. The first kappa shape index (κ1) is 30.6. The van der Waals surface area contributed by atoms with Gasteiger partial charge in [-0.2, -0.15) is 0 Å². The van der Waals surface area contributed by atoms with Gasteiger partial charge in [0.2, 0.25) is 5.91 Å². The van der Waals surface area contributed by atoms with Crippen molar-refractivity contribution in [3.05, 3.63) is 102 Å². The van der Waals surface area contributed by atoms with E-state index in [1.165, 1.54) is 0 Å². The number of unbranched alkanes of at least 4 members (excludes halogenated alkanes) is 2. The number of methoxy groups -OCH3 is 1. The molecule has 0 saturated heterocycles. The minimum atomic E-state index is -0.466. The Kier molecular flexibility index (Phi) is 11.0. The summed E-state index contributed by atoms with van der Waals surface area (Å²) in [5, 5.41) is 13.3. The molecule has 0 radical (unpaired) electrons. The Morgan fingerprint density at radius 2 is 1.81 bits per heavy atom. The summed E-state index contributed by atoms with van der Waals surface area (Å²) in [5.74, 6) is 0.252. The van der Waals surface area contributed by atoms with Crippen molar-refractivity contribution in [1.29, 1.82) is 0 Å². The van der Waals surface area contributed by atoms with Crippen LogP contribution in [0.5, 0.6) is 5.75 Å². The van der Waals surface area contributed by atoms with Crippen LogP contribution in [0.4, 0.5) is 0 Å². The quantitative estimate of drug-likeness (QED) is 0.0953. The molecule has 0 aliphatic heterocycles. The van der Waals surface area contributed by atoms with E-state index in [2.05, 4.69) is 11.9 Å². The number of benzene rings is 3. The lowest BCUT2D eigenvalue weighted by Gasteiger charge is -2.16. The minimum Gasteiger partial charge on any atom is -0.493 e. The first-order valence-corrected chi connectivity index (χ1v) is 14.4. The van der Waals surface area contributed by atoms with E-state index in [1.807, 2.05) is 79.7 Å². The SMILES string of the molecule is C=CCCCCOC(=O)c1c(-c2ccc(C)cc2)oc2c(OC)cc(CCC(=O)N[C@H](CO)Cc3ccccc3)cc12. The molecule has 1 aromatic heterocycles. The van der Waals surface area contributed by atoms with Crippen molar-refractivity contribution in [2.75, 3.05) is 20.3 Å². The fourth-order valence-corrected chi connectivity index (χ4v) is 4.88. The number of esters is 1. The second-order valence-corrected chi connectivity index (χ2v) is 10.4. The zero-order valence-corrected chi connectivity index (χ0v) is 24.4. The molecule has 2 N–H and O–H groups in total. The number of aliphatic hydroxyl groups excluding tert-OH is 1. The first-order valence-electron chi connectivity index (χ1n) is 14.4. The van der Waals surface area contributed by atoms with E-state index in [0.717, 1.165) is 41.5 Å². The predicted molar refractivity (Wildman–Crippen MR) is 165 cm³/mol. The third-order valence-electron chi connectivity index (χ3n) is 7.14. The monoisotopic (exact) mass is 569 g/mol. The van der Waals surface area contributed by atoms with E-state index in [4.69, 9.17) is 13.9 Å². The van der Waals surface area contributed by atoms with Crippen LogP contribution < -0.4 is 10.1 Å². The van der Waals surface area contributed by atoms with E-state index >= 15 is 0 Å². The van der Waals surface area contributed by atoms with Crippen LogP contribution in [0.2, 0.25) is 0 Å². The molecular weight excluding hydrogens is 530 g/mol. The van der Waals surface area contributed by atoms with Crippen LogP contribution in [0.15, 0.2) is 83.8 Å². The van der Waals surface area contributed by atoms with Crippen molar-refractivity contribution in [3.63, 3.8) is 0 Å². The molecule has 0 spiro atoms. The van der Waals surface area contributed by atoms with Gasteiger partial charge in [0.15, 0.2) is 11.3 Å². The third kappa shape index (κ3) is 7.89. The zero-order valence-electron chi connectivity index (χ0n) is 24.4. The maximum Gasteiger partial charge on any atom is 0.342 e. The minimum absolute atomic E-state index is 0.156. The predicted octanol–water partition coefficient (Wildman–Crippen LogP) is 6.58. The summed E-state index contributed by atoms with van der Waals surface area (Å²) in [7, 11) is 1.55. The summed E-state index contributed by atoms with van der Waals surface area (Å²) in [6.45, 7) is 5.87. The Morgan fingerprint density at radius 3 is 2.50 bits per heavy atom. The van der Waals surface area contributed by atoms with Crippen LogP contribution in [0.1, 0.15) is 52.7 Å². The number of nitrogens with one attached hydrogen (secondary N) is 1. The Morgan fingerprint density at radius 1 is 1.05 bits per heavy atom. The van der Waals surface area contributed by atoms with Gasteiger partial charge in [0.1, 0.15) is 11.3 Å². The molecule has 1 atom stereocenters. The van der Waals surface area contributed by atoms with Gasteiger partial charge in [0.05, 0.1) is 26.4 Å². The summed E-state index contributed by atoms with van der Waals surface area (Å²) in [6, 6.07) is 20.8. The summed E-state index contributed by atoms with van der Waals surface area (Å²) in [5.41, 5.74) is 4.48. The summed E-state index contributed by atoms with van der Waals surface area (Å²) < 4.78 is 17.6. The van der Waals surface area contributed by atoms with Crippen LogP contribution in [0.3, 0.4) is 0 Å². The van der Waals surface area contributed by atoms with Crippen LogP contribution in [0.25, 0.3) is 22.3 Å². The lowest BCUT2D eigenvalue weighted by atomic mass is 10.0. The highest BCUT2D eigenvalue weighted by atomic mass is 16.5. The molecule has 7 nitrogen and oxygen atoms in total. The maximum atomic E-state index is 13.5. The zero-order chi connectivity index (χ0) is 29.9. The van der Waals surface area contributed by atoms with Crippen LogP contribution >= 0.6 is 0 Å². The lowest BCUT2D eigenvalue weighted by Crippen LogP contribution is -2.39. The topological polar surface area (TPSA) is 98.0 Å². The molecule has 42 heavy (non-hydrogen) atoms. The Bertz CT molecular complexity index is 1490. The Hall–Kier alpha value is -4.36. The third-order valence-corrected chi connectivity index (χ3v) is 7.14. The molecule has 0 saturated carbocycles. The van der Waals surface area contributed by atoms with E-state index in [0.29, 0.717) is 47.5 Å². The number of aryl methyl sites for hydroxylation is 2. The molecule has 4 aromatic rings. The van der Waals surface area contributed by atoms with Crippen molar-refractivity contribution >= 4 is 22.8 Å². The van der Waals surface area contributed by atoms with Crippen molar-refractivity contribution in [1.82, 2.24) is 5.32 Å². The second-order valence-electron chi connectivity index (χ2n) is 10.4. The maximum absolute atomic E-state index is 13.5. The van der Waals surface area contributed by atoms with E-state index in [1.54, 1.807) is 7.11 Å². The number of carbonyl (C=O) groups is 2. The number of carbonyl (C=O) groups excluding carboxylic acids is 2. The number of allylic oxidation sites excluding steroid dienone is 1. The molecule has 1 heterocycles. The highest BCUT2D eigenvalue weighted by Gasteiger charge is 2.26. The fourth-order valence-electron chi connectivity index (χ4n) is 4.88. The molecule has 0 bridgehead atoms. The smallest absolute Gasteiger partial charge is 0.342 e. The average molecular weight is 570 g/mol. The van der Waals surface area contributed by atoms with Crippen molar-refractivity contribution in [2.24, 2.45) is 0 Å². The van der Waals surface area contributed by atoms with E-state index in [9.17, 15) is 14.7 Å². The van der Waals surface area contributed by atoms with Gasteiger partial charge >= 0.3 is 5.97 Å². The standard InChI is InChI=1S/C35H39NO6/c1-4-5-6-10-19-41-35(39)32-29-21-26(15-18-31(38)36-28(23-37)20-25-11-8-7-9-12-25)22-30(40-3)34(29)42-33(32)27-16-13-24(2)14-17-27/h4,7-9,11-14,16-17,21-22,28,37H,1,5-6,10,15,18-20,23H2,2-3H3,(H,36,38)/t28-/m0/s1. The van der Waals surface area contributed by atoms with Crippen LogP contribution in [-0.4, -0.2) is 43.3 Å². The Labute approximate surface area is 247 Å². The van der Waals surface area contributed by atoms with Gasteiger partial charge in [0.25, 0.3) is 0 Å². The van der Waals surface area contributed by atoms with Gasteiger partial charge in [-0.25, -0.2) is 4.79 Å². The summed E-state index contributed by atoms with van der Waals surface area (Å²) >= 11 is 0. The number of ether oxygens (including phenoxy) is 2. The van der Waals surface area contributed by atoms with E-state index in [-0.39, 0.29) is 25.0 Å². The molecule has 1 amide bonds. The molecular formula is C35H39NO6. The molecule has 3 aromatic carbocycles. The number of rotatable bonds is 15. The van der Waals surface area contributed by atoms with Crippen LogP contribution in [-0.2, 0) is 22.4 Å². The number of hydrogen-bond donors (Lipinski definition) is 2. The number of furan rings is 1. The van der Waals surface area contributed by atoms with Crippen molar-refractivity contribution in [3.8, 4) is 17.1 Å². The van der Waals surface area contributed by atoms with Gasteiger partial charge in [0, 0.05) is 17.4 Å². The van der Waals surface area contributed by atoms with Gasteiger partial charge in [-0.1, -0.05) is 66.2 Å². The average Bonchev–Trinajstić information content (AvgIpc) is 3.39. The highest BCUT2D eigenvalue weighted by Crippen LogP contribution is 2.39. The largest absolute Gasteiger partial charge is 0.493 e. The van der Waals surface area contributed by atoms with E-state index < -0.39 is 5.97 Å². The molecule has 0 aliphatic rings. The fraction of sp³-hybridized carbons (Fsp3) is 0.314. The molecule has 7 heteroatoms. The molecule has 0 aliphatic carbocycles. The summed E-state index contributed by atoms with van der Waals surface area (Å²) in [6.07, 6.45) is 5.47. The van der Waals surface area contributed by atoms with Gasteiger partial charge in [-0.3, -0.25) is 4.79 Å². The van der Waals surface area contributed by atoms with Crippen molar-refractivity contribution < 1.29 is 28.6 Å². The van der Waals surface area contributed by atoms with Crippen LogP contribution in [0, 0.1) is 6.92 Å². The Balaban J connectivity index is 1.58. The number of amides is 1. The lowest BCUT2D eigenvalue weighted by molar-refractivity contribution is -0.122. The van der Waals surface area contributed by atoms with Gasteiger partial charge < -0.3 is 24.3 Å². The first-order chi connectivity index (χ1) is 20.4. The van der Waals surface area contributed by atoms with Gasteiger partial charge in [-0.15, -0.1) is 6.58 Å². The number of fused-ring (bicyclic) bond motifs is 1. The second kappa shape index (κ2) is 15.0. The molecule has 220 valence electrons. The molecule has 0 fully saturated rings. The number of aliphatic hydroxyl groups is 1. The highest BCUT2D eigenvalue weighted by molar-refractivity contribution is 6.10. The molecule has 4 rings (SSSR count).